The first kappa shape index (κ1) is 16.4. The van der Waals surface area contributed by atoms with Crippen LogP contribution in [0.1, 0.15) is 11.4 Å². The Balaban J connectivity index is 1.51. The molecular weight excluding hydrogens is 344 g/mol. The van der Waals surface area contributed by atoms with Crippen molar-refractivity contribution in [2.24, 2.45) is 7.05 Å². The zero-order valence-corrected chi connectivity index (χ0v) is 15.4. The molecule has 26 heavy (non-hydrogen) atoms. The molecule has 6 nitrogen and oxygen atoms in total. The maximum atomic E-state index is 4.71. The Morgan fingerprint density at radius 1 is 1.08 bits per heavy atom. The first-order chi connectivity index (χ1) is 12.7. The minimum atomic E-state index is 0.570. The van der Waals surface area contributed by atoms with Crippen molar-refractivity contribution < 1.29 is 0 Å². The maximum Gasteiger partial charge on any atom is 0.223 e. The predicted octanol–water partition coefficient (Wildman–Crippen LogP) is 3.92. The van der Waals surface area contributed by atoms with Gasteiger partial charge in [-0.2, -0.15) is 5.10 Å². The fourth-order valence-electron chi connectivity index (χ4n) is 2.58. The monoisotopic (exact) mass is 362 g/mol. The maximum absolute atomic E-state index is 4.71. The van der Waals surface area contributed by atoms with Crippen LogP contribution in [0.3, 0.4) is 0 Å². The van der Waals surface area contributed by atoms with E-state index in [9.17, 15) is 0 Å². The largest absolute Gasteiger partial charge is 0.348 e. The van der Waals surface area contributed by atoms with E-state index in [4.69, 9.17) is 4.98 Å². The normalized spacial score (nSPS) is 10.8. The molecule has 130 valence electrons. The molecule has 0 aliphatic heterocycles. The fraction of sp³-hybridized carbons (Fsp3) is 0.158. The third-order valence-corrected chi connectivity index (χ3v) is 4.93. The van der Waals surface area contributed by atoms with Crippen LogP contribution in [0.15, 0.2) is 54.0 Å². The number of nitrogens with zero attached hydrogens (tertiary/aromatic N) is 5. The average molecular weight is 362 g/mol. The predicted molar refractivity (Wildman–Crippen MR) is 104 cm³/mol. The van der Waals surface area contributed by atoms with Crippen LogP contribution in [0.4, 0.5) is 5.95 Å². The number of benzene rings is 1. The van der Waals surface area contributed by atoms with Crippen molar-refractivity contribution in [2.45, 2.75) is 13.5 Å². The molecular formula is C19H18N6S. The van der Waals surface area contributed by atoms with E-state index in [1.165, 1.54) is 0 Å². The molecule has 0 saturated carbocycles. The van der Waals surface area contributed by atoms with E-state index in [0.29, 0.717) is 12.5 Å². The van der Waals surface area contributed by atoms with Crippen LogP contribution in [0.5, 0.6) is 0 Å². The molecule has 7 heteroatoms. The first-order valence-corrected chi connectivity index (χ1v) is 9.15. The van der Waals surface area contributed by atoms with Gasteiger partial charge in [-0.1, -0.05) is 30.3 Å². The van der Waals surface area contributed by atoms with Gasteiger partial charge in [0.25, 0.3) is 0 Å². The lowest BCUT2D eigenvalue weighted by molar-refractivity contribution is 0.723. The van der Waals surface area contributed by atoms with Gasteiger partial charge in [-0.05, 0) is 19.1 Å². The van der Waals surface area contributed by atoms with Gasteiger partial charge < -0.3 is 5.32 Å². The summed E-state index contributed by atoms with van der Waals surface area (Å²) in [6.07, 6.45) is 1.75. The van der Waals surface area contributed by atoms with E-state index in [1.54, 1.807) is 17.5 Å². The summed E-state index contributed by atoms with van der Waals surface area (Å²) in [7, 11) is 1.93. The highest BCUT2D eigenvalue weighted by molar-refractivity contribution is 7.13. The molecule has 0 aliphatic rings. The minimum absolute atomic E-state index is 0.570. The van der Waals surface area contributed by atoms with Crippen LogP contribution in [0.2, 0.25) is 0 Å². The van der Waals surface area contributed by atoms with Crippen LogP contribution < -0.4 is 5.32 Å². The summed E-state index contributed by atoms with van der Waals surface area (Å²) < 4.78 is 1.86. The molecule has 0 spiro atoms. The van der Waals surface area contributed by atoms with Crippen LogP contribution in [0, 0.1) is 6.92 Å². The number of rotatable bonds is 5. The molecule has 3 heterocycles. The zero-order valence-electron chi connectivity index (χ0n) is 14.5. The van der Waals surface area contributed by atoms with Gasteiger partial charge in [-0.25, -0.2) is 15.0 Å². The zero-order chi connectivity index (χ0) is 17.9. The summed E-state index contributed by atoms with van der Waals surface area (Å²) in [5.41, 5.74) is 4.85. The number of thiazole rings is 1. The number of aromatic nitrogens is 5. The Bertz CT molecular complexity index is 1000. The molecule has 1 N–H and O–H groups in total. The molecule has 1 aromatic carbocycles. The van der Waals surface area contributed by atoms with Gasteiger partial charge in [0.1, 0.15) is 10.7 Å². The molecule has 0 saturated heterocycles. The molecule has 0 radical (unpaired) electrons. The third-order valence-electron chi connectivity index (χ3n) is 4.03. The van der Waals surface area contributed by atoms with Crippen LogP contribution >= 0.6 is 11.3 Å². The van der Waals surface area contributed by atoms with Gasteiger partial charge >= 0.3 is 0 Å². The highest BCUT2D eigenvalue weighted by Gasteiger charge is 2.09. The van der Waals surface area contributed by atoms with E-state index >= 15 is 0 Å². The highest BCUT2D eigenvalue weighted by Crippen LogP contribution is 2.28. The molecule has 4 aromatic rings. The molecule has 0 amide bonds. The summed E-state index contributed by atoms with van der Waals surface area (Å²) in [6, 6.07) is 14.1. The molecule has 0 bridgehead atoms. The molecule has 0 unspecified atom stereocenters. The molecule has 3 aromatic heterocycles. The van der Waals surface area contributed by atoms with Crippen LogP contribution in [0.25, 0.3) is 22.0 Å². The van der Waals surface area contributed by atoms with Crippen LogP contribution in [-0.4, -0.2) is 24.7 Å². The van der Waals surface area contributed by atoms with Gasteiger partial charge in [-0.3, -0.25) is 4.68 Å². The number of aryl methyl sites for hydroxylation is 2. The second-order valence-electron chi connectivity index (χ2n) is 5.92. The molecule has 0 aliphatic carbocycles. The topological polar surface area (TPSA) is 68.5 Å². The van der Waals surface area contributed by atoms with Crippen molar-refractivity contribution in [2.75, 3.05) is 5.32 Å². The van der Waals surface area contributed by atoms with Crippen molar-refractivity contribution in [3.8, 4) is 22.0 Å². The van der Waals surface area contributed by atoms with E-state index in [0.717, 1.165) is 33.3 Å². The van der Waals surface area contributed by atoms with E-state index in [-0.39, 0.29) is 0 Å². The molecule has 0 atom stereocenters. The second kappa shape index (κ2) is 7.05. The lowest BCUT2D eigenvalue weighted by Gasteiger charge is -2.03. The highest BCUT2D eigenvalue weighted by atomic mass is 32.1. The minimum Gasteiger partial charge on any atom is -0.348 e. The standard InChI is InChI=1S/C19H18N6S/c1-13-10-15(24-25(13)2)11-21-19-20-9-8-16(23-19)17-12-26-18(22-17)14-6-4-3-5-7-14/h3-10,12H,11H2,1-2H3,(H,20,21,23). The van der Waals surface area contributed by atoms with E-state index in [2.05, 4.69) is 32.5 Å². The third kappa shape index (κ3) is 3.48. The number of hydrogen-bond donors (Lipinski definition) is 1. The fourth-order valence-corrected chi connectivity index (χ4v) is 3.40. The first-order valence-electron chi connectivity index (χ1n) is 8.27. The number of anilines is 1. The van der Waals surface area contributed by atoms with Gasteiger partial charge in [0.05, 0.1) is 17.9 Å². The van der Waals surface area contributed by atoms with Gasteiger partial charge in [0, 0.05) is 29.9 Å². The SMILES string of the molecule is Cc1cc(CNc2nccc(-c3csc(-c4ccccc4)n3)n2)nn1C. The Morgan fingerprint density at radius 2 is 1.92 bits per heavy atom. The smallest absolute Gasteiger partial charge is 0.223 e. The summed E-state index contributed by atoms with van der Waals surface area (Å²) in [4.78, 5) is 13.6. The van der Waals surface area contributed by atoms with Gasteiger partial charge in [-0.15, -0.1) is 11.3 Å². The molecule has 0 fully saturated rings. The summed E-state index contributed by atoms with van der Waals surface area (Å²) in [5.74, 6) is 0.570. The van der Waals surface area contributed by atoms with E-state index < -0.39 is 0 Å². The van der Waals surface area contributed by atoms with Gasteiger partial charge in [0.2, 0.25) is 5.95 Å². The Morgan fingerprint density at radius 3 is 2.69 bits per heavy atom. The van der Waals surface area contributed by atoms with Gasteiger partial charge in [0.15, 0.2) is 0 Å². The Hall–Kier alpha value is -3.06. The lowest BCUT2D eigenvalue weighted by atomic mass is 10.2. The number of nitrogens with one attached hydrogen (secondary N) is 1. The van der Waals surface area contributed by atoms with Crippen molar-refractivity contribution in [1.82, 2.24) is 24.7 Å². The summed E-state index contributed by atoms with van der Waals surface area (Å²) in [6.45, 7) is 2.61. The molecule has 4 rings (SSSR count). The summed E-state index contributed by atoms with van der Waals surface area (Å²) in [5, 5.41) is 10.7. The summed E-state index contributed by atoms with van der Waals surface area (Å²) >= 11 is 1.61. The Labute approximate surface area is 155 Å². The van der Waals surface area contributed by atoms with Crippen molar-refractivity contribution in [3.63, 3.8) is 0 Å². The lowest BCUT2D eigenvalue weighted by Crippen LogP contribution is -2.05. The second-order valence-corrected chi connectivity index (χ2v) is 6.78. The van der Waals surface area contributed by atoms with Crippen molar-refractivity contribution in [1.29, 1.82) is 0 Å². The average Bonchev–Trinajstić information content (AvgIpc) is 3.28. The quantitative estimate of drug-likeness (QED) is 0.583. The van der Waals surface area contributed by atoms with Crippen molar-refractivity contribution in [3.05, 3.63) is 65.4 Å². The number of hydrogen-bond acceptors (Lipinski definition) is 6. The van der Waals surface area contributed by atoms with Crippen molar-refractivity contribution >= 4 is 17.3 Å². The van der Waals surface area contributed by atoms with Crippen LogP contribution in [-0.2, 0) is 13.6 Å². The Kier molecular flexibility index (Phi) is 4.45. The van der Waals surface area contributed by atoms with E-state index in [1.807, 2.05) is 54.4 Å².